The minimum atomic E-state index is -1.02. The van der Waals surface area contributed by atoms with E-state index in [2.05, 4.69) is 5.32 Å². The number of carbonyl (C=O) groups excluding carboxylic acids is 1. The van der Waals surface area contributed by atoms with E-state index < -0.39 is 5.97 Å². The summed E-state index contributed by atoms with van der Waals surface area (Å²) < 4.78 is 5.40. The highest BCUT2D eigenvalue weighted by Gasteiger charge is 2.15. The summed E-state index contributed by atoms with van der Waals surface area (Å²) in [6, 6.07) is 10.8. The number of anilines is 1. The molecule has 0 aliphatic carbocycles. The molecule has 2 aromatic rings. The van der Waals surface area contributed by atoms with Crippen LogP contribution in [0.15, 0.2) is 36.4 Å². The number of rotatable bonds is 6. The summed E-state index contributed by atoms with van der Waals surface area (Å²) in [5, 5.41) is 11.8. The van der Waals surface area contributed by atoms with Crippen molar-refractivity contribution < 1.29 is 19.4 Å². The minimum absolute atomic E-state index is 0.134. The molecule has 0 atom stereocenters. The monoisotopic (exact) mass is 305 g/mol. The van der Waals surface area contributed by atoms with Gasteiger partial charge in [-0.3, -0.25) is 4.79 Å². The summed E-state index contributed by atoms with van der Waals surface area (Å²) in [7, 11) is 0. The molecule has 2 rings (SSSR count). The predicted octanol–water partition coefficient (Wildman–Crippen LogP) is 3.16. The summed E-state index contributed by atoms with van der Waals surface area (Å²) in [6.07, 6.45) is 0.156. The molecule has 1 amide bonds. The van der Waals surface area contributed by atoms with Crippen LogP contribution in [0.1, 0.15) is 21.0 Å². The lowest BCUT2D eigenvalue weighted by Crippen LogP contribution is -2.15. The number of ether oxygens (including phenoxy) is 1. The molecule has 0 radical (unpaired) electrons. The Hall–Kier alpha value is -2.34. The fraction of sp³-hybridized carbons (Fsp3) is 0.200. The van der Waals surface area contributed by atoms with Crippen LogP contribution >= 0.6 is 11.3 Å². The molecule has 1 aromatic heterocycles. The summed E-state index contributed by atoms with van der Waals surface area (Å²) in [4.78, 5) is 23.8. The lowest BCUT2D eigenvalue weighted by Gasteiger charge is -2.06. The van der Waals surface area contributed by atoms with Crippen molar-refractivity contribution in [2.75, 3.05) is 11.9 Å². The van der Waals surface area contributed by atoms with E-state index in [1.807, 2.05) is 25.1 Å². The van der Waals surface area contributed by atoms with Crippen molar-refractivity contribution in [3.05, 3.63) is 46.2 Å². The van der Waals surface area contributed by atoms with Crippen LogP contribution < -0.4 is 10.1 Å². The van der Waals surface area contributed by atoms with E-state index in [0.29, 0.717) is 5.75 Å². The first kappa shape index (κ1) is 15.1. The van der Waals surface area contributed by atoms with Crippen LogP contribution in [0.5, 0.6) is 5.75 Å². The Morgan fingerprint density at radius 2 is 2.00 bits per heavy atom. The lowest BCUT2D eigenvalue weighted by molar-refractivity contribution is -0.116. The average Bonchev–Trinajstić information content (AvgIpc) is 2.81. The SMILES string of the molecule is Cc1cc(OCCC(=O)Nc2ccccc2)c(C(=O)O)s1. The number of para-hydroxylation sites is 1. The molecule has 2 N–H and O–H groups in total. The van der Waals surface area contributed by atoms with Gasteiger partial charge in [0.25, 0.3) is 0 Å². The third-order valence-corrected chi connectivity index (χ3v) is 3.68. The normalized spacial score (nSPS) is 10.1. The maximum atomic E-state index is 11.7. The van der Waals surface area contributed by atoms with E-state index in [0.717, 1.165) is 21.9 Å². The van der Waals surface area contributed by atoms with Crippen molar-refractivity contribution in [1.82, 2.24) is 0 Å². The van der Waals surface area contributed by atoms with Crippen LogP contribution in [-0.4, -0.2) is 23.6 Å². The van der Waals surface area contributed by atoms with Gasteiger partial charge in [-0.1, -0.05) is 18.2 Å². The quantitative estimate of drug-likeness (QED) is 0.859. The zero-order valence-electron chi connectivity index (χ0n) is 11.5. The van der Waals surface area contributed by atoms with E-state index >= 15 is 0 Å². The van der Waals surface area contributed by atoms with Crippen LogP contribution in [0.2, 0.25) is 0 Å². The van der Waals surface area contributed by atoms with Gasteiger partial charge in [0, 0.05) is 10.6 Å². The van der Waals surface area contributed by atoms with Crippen LogP contribution in [0.3, 0.4) is 0 Å². The number of carboxylic acids is 1. The standard InChI is InChI=1S/C15H15NO4S/c1-10-9-12(14(21-10)15(18)19)20-8-7-13(17)16-11-5-3-2-4-6-11/h2-6,9H,7-8H2,1H3,(H,16,17)(H,18,19). The number of aromatic carboxylic acids is 1. The number of hydrogen-bond acceptors (Lipinski definition) is 4. The third kappa shape index (κ3) is 4.32. The Labute approximate surface area is 126 Å². The van der Waals surface area contributed by atoms with Crippen LogP contribution in [0, 0.1) is 6.92 Å². The topological polar surface area (TPSA) is 75.6 Å². The molecular weight excluding hydrogens is 290 g/mol. The fourth-order valence-corrected chi connectivity index (χ4v) is 2.54. The van der Waals surface area contributed by atoms with Crippen molar-refractivity contribution in [3.63, 3.8) is 0 Å². The zero-order valence-corrected chi connectivity index (χ0v) is 12.3. The van der Waals surface area contributed by atoms with Gasteiger partial charge in [-0.25, -0.2) is 4.79 Å². The van der Waals surface area contributed by atoms with Crippen molar-refractivity contribution >= 4 is 28.9 Å². The second-order valence-corrected chi connectivity index (χ2v) is 5.62. The molecule has 0 saturated carbocycles. The van der Waals surface area contributed by atoms with Crippen molar-refractivity contribution in [2.24, 2.45) is 0 Å². The molecule has 0 bridgehead atoms. The smallest absolute Gasteiger partial charge is 0.349 e. The van der Waals surface area contributed by atoms with E-state index in [4.69, 9.17) is 9.84 Å². The van der Waals surface area contributed by atoms with Gasteiger partial charge < -0.3 is 15.2 Å². The largest absolute Gasteiger partial charge is 0.491 e. The van der Waals surface area contributed by atoms with Crippen LogP contribution in [0.25, 0.3) is 0 Å². The Kier molecular flexibility index (Phi) is 4.94. The molecule has 1 heterocycles. The molecule has 0 aliphatic rings. The molecule has 0 unspecified atom stereocenters. The fourth-order valence-electron chi connectivity index (χ4n) is 1.75. The van der Waals surface area contributed by atoms with Gasteiger partial charge in [0.2, 0.25) is 5.91 Å². The highest BCUT2D eigenvalue weighted by Crippen LogP contribution is 2.28. The van der Waals surface area contributed by atoms with E-state index in [9.17, 15) is 9.59 Å². The lowest BCUT2D eigenvalue weighted by atomic mass is 10.3. The number of benzene rings is 1. The van der Waals surface area contributed by atoms with Gasteiger partial charge in [-0.15, -0.1) is 11.3 Å². The van der Waals surface area contributed by atoms with Crippen molar-refractivity contribution in [2.45, 2.75) is 13.3 Å². The second-order valence-electron chi connectivity index (χ2n) is 4.37. The Bertz CT molecular complexity index is 636. The molecule has 0 fully saturated rings. The molecule has 5 nitrogen and oxygen atoms in total. The van der Waals surface area contributed by atoms with Crippen molar-refractivity contribution in [3.8, 4) is 5.75 Å². The highest BCUT2D eigenvalue weighted by atomic mass is 32.1. The van der Waals surface area contributed by atoms with Crippen LogP contribution in [0.4, 0.5) is 5.69 Å². The summed E-state index contributed by atoms with van der Waals surface area (Å²) in [6.45, 7) is 1.95. The number of aryl methyl sites for hydroxylation is 1. The Morgan fingerprint density at radius 3 is 2.67 bits per heavy atom. The predicted molar refractivity (Wildman–Crippen MR) is 81.2 cm³/mol. The first-order valence-corrected chi connectivity index (χ1v) is 7.19. The number of carbonyl (C=O) groups is 2. The van der Waals surface area contributed by atoms with E-state index in [1.165, 1.54) is 0 Å². The Balaban J connectivity index is 1.84. The van der Waals surface area contributed by atoms with E-state index in [-0.39, 0.29) is 23.8 Å². The van der Waals surface area contributed by atoms with Gasteiger partial charge in [0.05, 0.1) is 13.0 Å². The maximum absolute atomic E-state index is 11.7. The van der Waals surface area contributed by atoms with Gasteiger partial charge in [0.1, 0.15) is 5.75 Å². The first-order valence-electron chi connectivity index (χ1n) is 6.37. The first-order chi connectivity index (χ1) is 10.1. The van der Waals surface area contributed by atoms with Gasteiger partial charge in [-0.2, -0.15) is 0 Å². The summed E-state index contributed by atoms with van der Waals surface area (Å²) in [5.41, 5.74) is 0.722. The molecule has 0 saturated heterocycles. The second kappa shape index (κ2) is 6.90. The zero-order chi connectivity index (χ0) is 15.2. The number of nitrogens with one attached hydrogen (secondary N) is 1. The highest BCUT2D eigenvalue weighted by molar-refractivity contribution is 7.14. The van der Waals surface area contributed by atoms with E-state index in [1.54, 1.807) is 18.2 Å². The number of hydrogen-bond donors (Lipinski definition) is 2. The Morgan fingerprint density at radius 1 is 1.29 bits per heavy atom. The molecule has 0 spiro atoms. The van der Waals surface area contributed by atoms with Gasteiger partial charge in [-0.05, 0) is 25.1 Å². The van der Waals surface area contributed by atoms with Crippen molar-refractivity contribution in [1.29, 1.82) is 0 Å². The van der Waals surface area contributed by atoms with Gasteiger partial charge in [0.15, 0.2) is 4.88 Å². The molecule has 1 aromatic carbocycles. The number of thiophene rings is 1. The summed E-state index contributed by atoms with van der Waals surface area (Å²) in [5.74, 6) is -0.876. The number of carboxylic acid groups (broad SMARTS) is 1. The molecular formula is C15H15NO4S. The number of amides is 1. The van der Waals surface area contributed by atoms with Crippen LogP contribution in [-0.2, 0) is 4.79 Å². The molecule has 6 heteroatoms. The summed E-state index contributed by atoms with van der Waals surface area (Å²) >= 11 is 1.16. The minimum Gasteiger partial charge on any atom is -0.491 e. The third-order valence-electron chi connectivity index (χ3n) is 2.66. The maximum Gasteiger partial charge on any atom is 0.349 e. The van der Waals surface area contributed by atoms with Gasteiger partial charge >= 0.3 is 5.97 Å². The molecule has 0 aliphatic heterocycles. The molecule has 110 valence electrons. The molecule has 21 heavy (non-hydrogen) atoms. The average molecular weight is 305 g/mol.